The van der Waals surface area contributed by atoms with Crippen LogP contribution < -0.4 is 4.90 Å². The van der Waals surface area contributed by atoms with Crippen molar-refractivity contribution in [2.24, 2.45) is 5.41 Å². The monoisotopic (exact) mass is 656 g/mol. The van der Waals surface area contributed by atoms with E-state index in [0.29, 0.717) is 6.42 Å². The minimum absolute atomic E-state index is 0.0509. The molecule has 0 spiro atoms. The number of carbonyl (C=O) groups is 1. The number of allylic oxidation sites excluding steroid dienone is 3. The predicted octanol–water partition coefficient (Wildman–Crippen LogP) is 9.81. The zero-order chi connectivity index (χ0) is 33.8. The van der Waals surface area contributed by atoms with Crippen molar-refractivity contribution in [2.75, 3.05) is 11.4 Å². The van der Waals surface area contributed by atoms with Gasteiger partial charge in [-0.1, -0.05) is 49.0 Å². The molecule has 2 aliphatic rings. The number of anilines is 1. The molecule has 248 valence electrons. The molecule has 48 heavy (non-hydrogen) atoms. The van der Waals surface area contributed by atoms with Crippen LogP contribution in [0.25, 0.3) is 10.2 Å². The second-order valence-electron chi connectivity index (χ2n) is 14.2. The molecule has 0 N–H and O–H groups in total. The molecule has 0 saturated heterocycles. The molecular formula is C42H48N4OS. The Morgan fingerprint density at radius 1 is 1.06 bits per heavy atom. The van der Waals surface area contributed by atoms with Crippen molar-refractivity contribution >= 4 is 33.2 Å². The molecule has 6 heteroatoms. The third-order valence-corrected chi connectivity index (χ3v) is 10.9. The third kappa shape index (κ3) is 7.63. The number of ketones is 1. The SMILES string of the molecule is CCCC(C)(C)C#Cc1ccc(CCCCC2=C(C(C)=O)C=C(N3CCCc4c3nnc(Cc3nc5ccccc5s3)c4C)C2)c(C)c1. The quantitative estimate of drug-likeness (QED) is 0.119. The predicted molar refractivity (Wildman–Crippen MR) is 200 cm³/mol. The first-order valence-electron chi connectivity index (χ1n) is 17.6. The van der Waals surface area contributed by atoms with Crippen LogP contribution in [-0.2, 0) is 24.1 Å². The van der Waals surface area contributed by atoms with Crippen LogP contribution >= 0.6 is 11.3 Å². The van der Waals surface area contributed by atoms with Gasteiger partial charge in [-0.2, -0.15) is 5.10 Å². The van der Waals surface area contributed by atoms with E-state index in [9.17, 15) is 4.79 Å². The van der Waals surface area contributed by atoms with Gasteiger partial charge in [0, 0.05) is 47.2 Å². The van der Waals surface area contributed by atoms with Crippen molar-refractivity contribution in [2.45, 2.75) is 106 Å². The number of carbonyl (C=O) groups excluding carboxylic acids is 1. The molecule has 4 aromatic rings. The number of Topliss-reactive ketones (excluding diaryl/α,β-unsaturated/α-hetero) is 1. The van der Waals surface area contributed by atoms with E-state index in [1.165, 1.54) is 38.2 Å². The Morgan fingerprint density at radius 3 is 2.65 bits per heavy atom. The lowest BCUT2D eigenvalue weighted by Gasteiger charge is -2.32. The molecule has 0 fully saturated rings. The number of para-hydroxylation sites is 1. The normalized spacial score (nSPS) is 14.6. The van der Waals surface area contributed by atoms with Crippen molar-refractivity contribution in [1.82, 2.24) is 15.2 Å². The average Bonchev–Trinajstić information content (AvgIpc) is 3.68. The molecule has 0 bridgehead atoms. The molecule has 0 unspecified atom stereocenters. The van der Waals surface area contributed by atoms with Crippen molar-refractivity contribution in [3.05, 3.63) is 104 Å². The van der Waals surface area contributed by atoms with Crippen molar-refractivity contribution in [3.63, 3.8) is 0 Å². The maximum absolute atomic E-state index is 12.8. The Hall–Kier alpha value is -4.08. The summed E-state index contributed by atoms with van der Waals surface area (Å²) in [5, 5.41) is 10.6. The first-order chi connectivity index (χ1) is 23.1. The largest absolute Gasteiger partial charge is 0.328 e. The number of aryl methyl sites for hydroxylation is 2. The zero-order valence-corrected chi connectivity index (χ0v) is 30.3. The average molecular weight is 657 g/mol. The molecule has 1 aliphatic carbocycles. The summed E-state index contributed by atoms with van der Waals surface area (Å²) in [5.41, 5.74) is 11.7. The van der Waals surface area contributed by atoms with Crippen LogP contribution in [-0.4, -0.2) is 27.5 Å². The Morgan fingerprint density at radius 2 is 1.88 bits per heavy atom. The number of benzene rings is 2. The fourth-order valence-electron chi connectivity index (χ4n) is 7.22. The Balaban J connectivity index is 1.08. The number of fused-ring (bicyclic) bond motifs is 2. The van der Waals surface area contributed by atoms with Gasteiger partial charge in [-0.15, -0.1) is 16.4 Å². The van der Waals surface area contributed by atoms with Gasteiger partial charge >= 0.3 is 0 Å². The minimum atomic E-state index is 0.0509. The molecule has 0 radical (unpaired) electrons. The van der Waals surface area contributed by atoms with E-state index < -0.39 is 0 Å². The lowest BCUT2D eigenvalue weighted by Crippen LogP contribution is -2.30. The maximum Gasteiger partial charge on any atom is 0.159 e. The summed E-state index contributed by atoms with van der Waals surface area (Å²) in [6, 6.07) is 14.9. The summed E-state index contributed by atoms with van der Waals surface area (Å²) in [7, 11) is 0. The van der Waals surface area contributed by atoms with Gasteiger partial charge < -0.3 is 4.90 Å². The third-order valence-electron chi connectivity index (χ3n) is 9.89. The molecule has 2 aromatic heterocycles. The van der Waals surface area contributed by atoms with Crippen LogP contribution in [0.5, 0.6) is 0 Å². The summed E-state index contributed by atoms with van der Waals surface area (Å²) in [6.45, 7) is 13.7. The number of hydrogen-bond donors (Lipinski definition) is 0. The van der Waals surface area contributed by atoms with Crippen molar-refractivity contribution in [1.29, 1.82) is 0 Å². The van der Waals surface area contributed by atoms with Crippen LogP contribution in [0.4, 0.5) is 5.82 Å². The van der Waals surface area contributed by atoms with Gasteiger partial charge in [-0.05, 0) is 127 Å². The van der Waals surface area contributed by atoms with E-state index in [4.69, 9.17) is 15.2 Å². The van der Waals surface area contributed by atoms with Crippen LogP contribution in [0.15, 0.2) is 65.4 Å². The molecule has 6 rings (SSSR count). The van der Waals surface area contributed by atoms with Gasteiger partial charge in [0.15, 0.2) is 11.6 Å². The maximum atomic E-state index is 12.8. The zero-order valence-electron chi connectivity index (χ0n) is 29.5. The van der Waals surface area contributed by atoms with Gasteiger partial charge in [0.25, 0.3) is 0 Å². The molecular weight excluding hydrogens is 609 g/mol. The van der Waals surface area contributed by atoms with Gasteiger partial charge in [0.2, 0.25) is 0 Å². The van der Waals surface area contributed by atoms with Crippen LogP contribution in [0.1, 0.15) is 111 Å². The highest BCUT2D eigenvalue weighted by Gasteiger charge is 2.29. The van der Waals surface area contributed by atoms with Gasteiger partial charge in [0.05, 0.1) is 20.9 Å². The number of aromatic nitrogens is 3. The van der Waals surface area contributed by atoms with E-state index in [0.717, 1.165) is 97.5 Å². The summed E-state index contributed by atoms with van der Waals surface area (Å²) < 4.78 is 1.21. The Bertz CT molecular complexity index is 1940. The number of thiazole rings is 1. The van der Waals surface area contributed by atoms with E-state index in [2.05, 4.69) is 93.8 Å². The van der Waals surface area contributed by atoms with E-state index in [1.807, 2.05) is 6.07 Å². The highest BCUT2D eigenvalue weighted by atomic mass is 32.1. The molecule has 5 nitrogen and oxygen atoms in total. The lowest BCUT2D eigenvalue weighted by atomic mass is 9.88. The summed E-state index contributed by atoms with van der Waals surface area (Å²) in [4.78, 5) is 19.9. The van der Waals surface area contributed by atoms with Crippen LogP contribution in [0, 0.1) is 31.1 Å². The van der Waals surface area contributed by atoms with Gasteiger partial charge in [0.1, 0.15) is 0 Å². The van der Waals surface area contributed by atoms with E-state index in [-0.39, 0.29) is 11.2 Å². The van der Waals surface area contributed by atoms with Gasteiger partial charge in [-0.3, -0.25) is 4.79 Å². The fourth-order valence-corrected chi connectivity index (χ4v) is 8.20. The van der Waals surface area contributed by atoms with Crippen molar-refractivity contribution in [3.8, 4) is 11.8 Å². The topological polar surface area (TPSA) is 59.0 Å². The Kier molecular flexibility index (Phi) is 10.3. The first kappa shape index (κ1) is 33.8. The van der Waals surface area contributed by atoms with E-state index in [1.54, 1.807) is 18.3 Å². The fraction of sp³-hybridized carbons (Fsp3) is 0.429. The molecule has 0 atom stereocenters. The Labute approximate surface area is 290 Å². The highest BCUT2D eigenvalue weighted by Crippen LogP contribution is 2.38. The van der Waals surface area contributed by atoms with Gasteiger partial charge in [-0.25, -0.2) is 4.98 Å². The minimum Gasteiger partial charge on any atom is -0.328 e. The highest BCUT2D eigenvalue weighted by molar-refractivity contribution is 7.18. The molecule has 1 aliphatic heterocycles. The lowest BCUT2D eigenvalue weighted by molar-refractivity contribution is -0.113. The molecule has 0 amide bonds. The summed E-state index contributed by atoms with van der Waals surface area (Å²) in [5.74, 6) is 7.99. The van der Waals surface area contributed by atoms with Crippen LogP contribution in [0.2, 0.25) is 0 Å². The molecule has 0 saturated carbocycles. The van der Waals surface area contributed by atoms with E-state index >= 15 is 0 Å². The molecule has 2 aromatic carbocycles. The van der Waals surface area contributed by atoms with Crippen molar-refractivity contribution < 1.29 is 4.79 Å². The second-order valence-corrected chi connectivity index (χ2v) is 15.3. The standard InChI is InChI=1S/C42H48N4OS/c1-7-21-42(5,6)22-20-31-18-19-32(28(2)24-31)13-8-9-14-33-25-34(26-36(33)30(4)47)46-23-12-15-35-29(3)38(44-45-41(35)46)27-40-43-37-16-10-11-17-39(37)48-40/h10-11,16-19,24,26H,7-9,12-15,21,23,25,27H2,1-6H3. The first-order valence-corrected chi connectivity index (χ1v) is 18.5. The number of unbranched alkanes of at least 4 members (excludes halogenated alkanes) is 1. The number of rotatable bonds is 11. The summed E-state index contributed by atoms with van der Waals surface area (Å²) >= 11 is 1.73. The second kappa shape index (κ2) is 14.6. The summed E-state index contributed by atoms with van der Waals surface area (Å²) in [6.07, 6.45) is 12.1. The number of hydrogen-bond acceptors (Lipinski definition) is 6. The number of nitrogens with zero attached hydrogens (tertiary/aromatic N) is 4. The molecule has 3 heterocycles. The van der Waals surface area contributed by atoms with Crippen LogP contribution in [0.3, 0.4) is 0 Å². The smallest absolute Gasteiger partial charge is 0.159 e.